The smallest absolute Gasteiger partial charge is 0.261 e. The summed E-state index contributed by atoms with van der Waals surface area (Å²) >= 11 is 1.61. The van der Waals surface area contributed by atoms with Crippen LogP contribution in [0.3, 0.4) is 0 Å². The van der Waals surface area contributed by atoms with Gasteiger partial charge in [0.1, 0.15) is 0 Å². The predicted octanol–water partition coefficient (Wildman–Crippen LogP) is 4.89. The SMILES string of the molecule is CC1Cc2ccccc2N1c1ccc(C(=O)NC2CCCCC2)s1. The fraction of sp³-hybridized carbons (Fsp3) is 0.450. The van der Waals surface area contributed by atoms with Crippen molar-refractivity contribution >= 4 is 27.9 Å². The number of anilines is 2. The summed E-state index contributed by atoms with van der Waals surface area (Å²) in [5, 5.41) is 4.39. The first kappa shape index (κ1) is 15.7. The van der Waals surface area contributed by atoms with E-state index >= 15 is 0 Å². The van der Waals surface area contributed by atoms with Crippen LogP contribution in [0.5, 0.6) is 0 Å². The average Bonchev–Trinajstić information content (AvgIpc) is 3.19. The van der Waals surface area contributed by atoms with E-state index in [1.165, 1.54) is 35.5 Å². The maximum Gasteiger partial charge on any atom is 0.261 e. The Bertz CT molecular complexity index is 733. The molecule has 0 saturated heterocycles. The molecule has 0 spiro atoms. The molecule has 24 heavy (non-hydrogen) atoms. The number of carbonyl (C=O) groups excluding carboxylic acids is 1. The molecule has 126 valence electrons. The van der Waals surface area contributed by atoms with Gasteiger partial charge in [-0.05, 0) is 49.9 Å². The highest BCUT2D eigenvalue weighted by atomic mass is 32.1. The van der Waals surface area contributed by atoms with Crippen LogP contribution in [0.25, 0.3) is 0 Å². The van der Waals surface area contributed by atoms with E-state index in [-0.39, 0.29) is 5.91 Å². The monoisotopic (exact) mass is 340 g/mol. The average molecular weight is 340 g/mol. The number of rotatable bonds is 3. The van der Waals surface area contributed by atoms with Crippen LogP contribution in [-0.2, 0) is 6.42 Å². The minimum absolute atomic E-state index is 0.0956. The number of nitrogens with zero attached hydrogens (tertiary/aromatic N) is 1. The lowest BCUT2D eigenvalue weighted by Crippen LogP contribution is -2.35. The first-order valence-corrected chi connectivity index (χ1v) is 9.82. The number of fused-ring (bicyclic) bond motifs is 1. The second kappa shape index (κ2) is 6.60. The van der Waals surface area contributed by atoms with Gasteiger partial charge in [0.15, 0.2) is 0 Å². The molecule has 1 aromatic heterocycles. The van der Waals surface area contributed by atoms with Gasteiger partial charge in [-0.2, -0.15) is 0 Å². The molecule has 1 saturated carbocycles. The number of para-hydroxylation sites is 1. The summed E-state index contributed by atoms with van der Waals surface area (Å²) in [5.74, 6) is 0.0956. The first-order valence-electron chi connectivity index (χ1n) is 9.00. The van der Waals surface area contributed by atoms with Crippen LogP contribution in [0.2, 0.25) is 0 Å². The molecule has 1 aliphatic heterocycles. The van der Waals surface area contributed by atoms with E-state index in [0.29, 0.717) is 12.1 Å². The highest BCUT2D eigenvalue weighted by Crippen LogP contribution is 2.41. The van der Waals surface area contributed by atoms with Gasteiger partial charge < -0.3 is 10.2 Å². The van der Waals surface area contributed by atoms with Crippen molar-refractivity contribution in [2.75, 3.05) is 4.90 Å². The Kier molecular flexibility index (Phi) is 4.31. The van der Waals surface area contributed by atoms with Crippen molar-refractivity contribution in [3.05, 3.63) is 46.8 Å². The molecule has 0 radical (unpaired) electrons. The van der Waals surface area contributed by atoms with E-state index in [4.69, 9.17) is 0 Å². The van der Waals surface area contributed by atoms with Crippen LogP contribution in [0.15, 0.2) is 36.4 Å². The van der Waals surface area contributed by atoms with Crippen molar-refractivity contribution in [1.82, 2.24) is 5.32 Å². The van der Waals surface area contributed by atoms with Gasteiger partial charge >= 0.3 is 0 Å². The lowest BCUT2D eigenvalue weighted by Gasteiger charge is -2.23. The Hall–Kier alpha value is -1.81. The third-order valence-electron chi connectivity index (χ3n) is 5.20. The molecule has 4 rings (SSSR count). The minimum Gasteiger partial charge on any atom is -0.349 e. The second-order valence-corrected chi connectivity index (χ2v) is 8.06. The number of thiophene rings is 1. The molecule has 1 aromatic carbocycles. The first-order chi connectivity index (χ1) is 11.7. The lowest BCUT2D eigenvalue weighted by molar-refractivity contribution is 0.0932. The topological polar surface area (TPSA) is 32.3 Å². The van der Waals surface area contributed by atoms with Crippen LogP contribution in [0, 0.1) is 0 Å². The van der Waals surface area contributed by atoms with Crippen LogP contribution >= 0.6 is 11.3 Å². The van der Waals surface area contributed by atoms with Gasteiger partial charge in [-0.25, -0.2) is 0 Å². The van der Waals surface area contributed by atoms with Gasteiger partial charge in [0.25, 0.3) is 5.91 Å². The molecule has 1 atom stereocenters. The summed E-state index contributed by atoms with van der Waals surface area (Å²) in [4.78, 5) is 15.7. The third-order valence-corrected chi connectivity index (χ3v) is 6.28. The van der Waals surface area contributed by atoms with Gasteiger partial charge in [0.05, 0.1) is 9.88 Å². The van der Waals surface area contributed by atoms with Gasteiger partial charge in [0.2, 0.25) is 0 Å². The number of hydrogen-bond donors (Lipinski definition) is 1. The Morgan fingerprint density at radius 1 is 1.12 bits per heavy atom. The Morgan fingerprint density at radius 3 is 2.75 bits per heavy atom. The molecule has 3 nitrogen and oxygen atoms in total. The van der Waals surface area contributed by atoms with Crippen molar-refractivity contribution in [1.29, 1.82) is 0 Å². The fourth-order valence-corrected chi connectivity index (χ4v) is 5.01. The molecule has 1 fully saturated rings. The molecule has 2 aromatic rings. The van der Waals surface area contributed by atoms with Crippen LogP contribution in [0.1, 0.15) is 54.3 Å². The summed E-state index contributed by atoms with van der Waals surface area (Å²) in [7, 11) is 0. The van der Waals surface area contributed by atoms with E-state index in [1.807, 2.05) is 6.07 Å². The zero-order valence-corrected chi connectivity index (χ0v) is 14.9. The van der Waals surface area contributed by atoms with Gasteiger partial charge in [-0.3, -0.25) is 4.79 Å². The Labute approximate surface area is 147 Å². The molecule has 4 heteroatoms. The zero-order valence-electron chi connectivity index (χ0n) is 14.1. The Morgan fingerprint density at radius 2 is 1.92 bits per heavy atom. The molecule has 0 bridgehead atoms. The molecular weight excluding hydrogens is 316 g/mol. The van der Waals surface area contributed by atoms with Crippen LogP contribution < -0.4 is 10.2 Å². The molecule has 1 unspecified atom stereocenters. The lowest BCUT2D eigenvalue weighted by atomic mass is 9.95. The normalized spacial score (nSPS) is 20.9. The van der Waals surface area contributed by atoms with E-state index in [0.717, 1.165) is 24.1 Å². The quantitative estimate of drug-likeness (QED) is 0.862. The van der Waals surface area contributed by atoms with Gasteiger partial charge in [-0.15, -0.1) is 11.3 Å². The molecule has 1 aliphatic carbocycles. The summed E-state index contributed by atoms with van der Waals surface area (Å²) in [6, 6.07) is 13.5. The fourth-order valence-electron chi connectivity index (χ4n) is 3.98. The summed E-state index contributed by atoms with van der Waals surface area (Å²) in [6.45, 7) is 2.25. The largest absolute Gasteiger partial charge is 0.349 e. The van der Waals surface area contributed by atoms with Crippen molar-refractivity contribution in [3.8, 4) is 0 Å². The van der Waals surface area contributed by atoms with Crippen LogP contribution in [0.4, 0.5) is 10.7 Å². The van der Waals surface area contributed by atoms with Crippen molar-refractivity contribution in [2.24, 2.45) is 0 Å². The molecular formula is C20H24N2OS. The van der Waals surface area contributed by atoms with E-state index in [1.54, 1.807) is 11.3 Å². The van der Waals surface area contributed by atoms with Crippen molar-refractivity contribution in [2.45, 2.75) is 57.5 Å². The van der Waals surface area contributed by atoms with Crippen LogP contribution in [-0.4, -0.2) is 18.0 Å². The van der Waals surface area contributed by atoms with Crippen molar-refractivity contribution < 1.29 is 4.79 Å². The minimum atomic E-state index is 0.0956. The number of hydrogen-bond acceptors (Lipinski definition) is 3. The van der Waals surface area contributed by atoms with Gasteiger partial charge in [-0.1, -0.05) is 37.5 Å². The van der Waals surface area contributed by atoms with E-state index in [2.05, 4.69) is 47.5 Å². The molecule has 1 amide bonds. The molecule has 2 aliphatic rings. The zero-order chi connectivity index (χ0) is 16.5. The summed E-state index contributed by atoms with van der Waals surface area (Å²) in [6.07, 6.45) is 7.10. The number of carbonyl (C=O) groups is 1. The highest BCUT2D eigenvalue weighted by Gasteiger charge is 2.28. The number of benzene rings is 1. The van der Waals surface area contributed by atoms with Crippen molar-refractivity contribution in [3.63, 3.8) is 0 Å². The summed E-state index contributed by atoms with van der Waals surface area (Å²) < 4.78 is 0. The van der Waals surface area contributed by atoms with E-state index < -0.39 is 0 Å². The molecule has 1 N–H and O–H groups in total. The molecule has 2 heterocycles. The number of nitrogens with one attached hydrogen (secondary N) is 1. The van der Waals surface area contributed by atoms with Gasteiger partial charge in [0, 0.05) is 17.8 Å². The maximum absolute atomic E-state index is 12.5. The maximum atomic E-state index is 12.5. The standard InChI is InChI=1S/C20H24N2OS/c1-14-13-15-7-5-6-10-17(15)22(14)19-12-11-18(24-19)20(23)21-16-8-3-2-4-9-16/h5-7,10-12,14,16H,2-4,8-9,13H2,1H3,(H,21,23). The highest BCUT2D eigenvalue weighted by molar-refractivity contribution is 7.18. The third kappa shape index (κ3) is 2.95. The predicted molar refractivity (Wildman–Crippen MR) is 100 cm³/mol. The number of amides is 1. The second-order valence-electron chi connectivity index (χ2n) is 7.00. The summed E-state index contributed by atoms with van der Waals surface area (Å²) in [5.41, 5.74) is 2.68. The Balaban J connectivity index is 1.51. The van der Waals surface area contributed by atoms with E-state index in [9.17, 15) is 4.79 Å².